The minimum Gasteiger partial charge on any atom is -0.494 e. The SMILES string of the molecule is CCCC1CNc2c(OCC)ccc(OCC)c2C1. The molecule has 19 heavy (non-hydrogen) atoms. The Morgan fingerprint density at radius 3 is 2.47 bits per heavy atom. The maximum Gasteiger partial charge on any atom is 0.142 e. The van der Waals surface area contributed by atoms with Gasteiger partial charge < -0.3 is 14.8 Å². The molecule has 3 nitrogen and oxygen atoms in total. The lowest BCUT2D eigenvalue weighted by atomic mass is 9.90. The van der Waals surface area contributed by atoms with E-state index < -0.39 is 0 Å². The predicted octanol–water partition coefficient (Wildman–Crippen LogP) is 3.87. The number of fused-ring (bicyclic) bond motifs is 1. The molecule has 0 saturated carbocycles. The van der Waals surface area contributed by atoms with Crippen LogP contribution in [0.4, 0.5) is 5.69 Å². The number of benzene rings is 1. The zero-order chi connectivity index (χ0) is 13.7. The van der Waals surface area contributed by atoms with E-state index in [2.05, 4.69) is 12.2 Å². The summed E-state index contributed by atoms with van der Waals surface area (Å²) in [6, 6.07) is 4.06. The topological polar surface area (TPSA) is 30.5 Å². The van der Waals surface area contributed by atoms with Crippen molar-refractivity contribution in [3.8, 4) is 11.5 Å². The van der Waals surface area contributed by atoms with Gasteiger partial charge in [0.1, 0.15) is 11.5 Å². The summed E-state index contributed by atoms with van der Waals surface area (Å²) < 4.78 is 11.5. The molecule has 1 aliphatic rings. The van der Waals surface area contributed by atoms with E-state index in [1.165, 1.54) is 18.4 Å². The van der Waals surface area contributed by atoms with Crippen molar-refractivity contribution in [3.63, 3.8) is 0 Å². The van der Waals surface area contributed by atoms with Crippen LogP contribution in [0.3, 0.4) is 0 Å². The average molecular weight is 263 g/mol. The van der Waals surface area contributed by atoms with Crippen molar-refractivity contribution in [2.24, 2.45) is 5.92 Å². The lowest BCUT2D eigenvalue weighted by Crippen LogP contribution is -2.24. The maximum atomic E-state index is 5.77. The molecule has 3 heteroatoms. The number of nitrogens with one attached hydrogen (secondary N) is 1. The minimum absolute atomic E-state index is 0.695. The molecular formula is C16H25NO2. The second-order valence-corrected chi connectivity index (χ2v) is 5.02. The Balaban J connectivity index is 2.30. The smallest absolute Gasteiger partial charge is 0.142 e. The van der Waals surface area contributed by atoms with E-state index in [1.54, 1.807) is 0 Å². The van der Waals surface area contributed by atoms with E-state index in [-0.39, 0.29) is 0 Å². The van der Waals surface area contributed by atoms with Crippen molar-refractivity contribution < 1.29 is 9.47 Å². The lowest BCUT2D eigenvalue weighted by molar-refractivity contribution is 0.323. The number of hydrogen-bond acceptors (Lipinski definition) is 3. The third kappa shape index (κ3) is 3.14. The van der Waals surface area contributed by atoms with Gasteiger partial charge in [-0.15, -0.1) is 0 Å². The molecule has 1 N–H and O–H groups in total. The molecule has 0 saturated heterocycles. The first-order valence-corrected chi connectivity index (χ1v) is 7.45. The summed E-state index contributed by atoms with van der Waals surface area (Å²) in [5.41, 5.74) is 2.43. The summed E-state index contributed by atoms with van der Waals surface area (Å²) in [6.45, 7) is 8.74. The molecule has 1 aromatic rings. The second kappa shape index (κ2) is 6.69. The molecule has 0 radical (unpaired) electrons. The second-order valence-electron chi connectivity index (χ2n) is 5.02. The molecule has 2 rings (SSSR count). The van der Waals surface area contributed by atoms with Gasteiger partial charge in [0.2, 0.25) is 0 Å². The van der Waals surface area contributed by atoms with Gasteiger partial charge in [0.25, 0.3) is 0 Å². The zero-order valence-electron chi connectivity index (χ0n) is 12.3. The molecule has 0 fully saturated rings. The van der Waals surface area contributed by atoms with E-state index in [0.29, 0.717) is 19.1 Å². The highest BCUT2D eigenvalue weighted by Gasteiger charge is 2.24. The van der Waals surface area contributed by atoms with Crippen LogP contribution in [0.25, 0.3) is 0 Å². The Morgan fingerprint density at radius 2 is 1.79 bits per heavy atom. The van der Waals surface area contributed by atoms with Crippen LogP contribution in [0.1, 0.15) is 39.2 Å². The molecule has 0 aliphatic carbocycles. The Hall–Kier alpha value is -1.38. The molecule has 0 aromatic heterocycles. The van der Waals surface area contributed by atoms with Crippen molar-refractivity contribution in [2.45, 2.75) is 40.0 Å². The number of rotatable bonds is 6. The van der Waals surface area contributed by atoms with Crippen LogP contribution >= 0.6 is 0 Å². The van der Waals surface area contributed by atoms with Crippen molar-refractivity contribution in [1.82, 2.24) is 0 Å². The lowest BCUT2D eigenvalue weighted by Gasteiger charge is -2.29. The van der Waals surface area contributed by atoms with Gasteiger partial charge in [0.15, 0.2) is 0 Å². The molecule has 0 bridgehead atoms. The van der Waals surface area contributed by atoms with Gasteiger partial charge in [-0.25, -0.2) is 0 Å². The molecule has 1 heterocycles. The van der Waals surface area contributed by atoms with Crippen LogP contribution in [0.2, 0.25) is 0 Å². The fourth-order valence-corrected chi connectivity index (χ4v) is 2.79. The highest BCUT2D eigenvalue weighted by atomic mass is 16.5. The first-order valence-electron chi connectivity index (χ1n) is 7.45. The molecule has 1 unspecified atom stereocenters. The summed E-state index contributed by atoms with van der Waals surface area (Å²) >= 11 is 0. The fraction of sp³-hybridized carbons (Fsp3) is 0.625. The fourth-order valence-electron chi connectivity index (χ4n) is 2.79. The zero-order valence-corrected chi connectivity index (χ0v) is 12.3. The largest absolute Gasteiger partial charge is 0.494 e. The quantitative estimate of drug-likeness (QED) is 0.845. The number of ether oxygens (including phenoxy) is 2. The maximum absolute atomic E-state index is 5.77. The van der Waals surface area contributed by atoms with Crippen LogP contribution in [0.5, 0.6) is 11.5 Å². The first kappa shape index (κ1) is 14.0. The summed E-state index contributed by atoms with van der Waals surface area (Å²) in [5, 5.41) is 3.54. The van der Waals surface area contributed by atoms with Gasteiger partial charge in [0, 0.05) is 12.1 Å². The van der Waals surface area contributed by atoms with Crippen molar-refractivity contribution in [1.29, 1.82) is 0 Å². The highest BCUT2D eigenvalue weighted by Crippen LogP contribution is 2.40. The number of hydrogen-bond donors (Lipinski definition) is 1. The van der Waals surface area contributed by atoms with Crippen LogP contribution in [-0.4, -0.2) is 19.8 Å². The third-order valence-electron chi connectivity index (χ3n) is 3.59. The summed E-state index contributed by atoms with van der Waals surface area (Å²) in [6.07, 6.45) is 3.58. The van der Waals surface area contributed by atoms with E-state index in [0.717, 1.165) is 30.2 Å². The van der Waals surface area contributed by atoms with Crippen molar-refractivity contribution in [3.05, 3.63) is 17.7 Å². The normalized spacial score (nSPS) is 17.5. The summed E-state index contributed by atoms with van der Waals surface area (Å²) in [5.74, 6) is 2.67. The summed E-state index contributed by atoms with van der Waals surface area (Å²) in [4.78, 5) is 0. The molecule has 0 amide bonds. The van der Waals surface area contributed by atoms with Gasteiger partial charge in [-0.3, -0.25) is 0 Å². The third-order valence-corrected chi connectivity index (χ3v) is 3.59. The summed E-state index contributed by atoms with van der Waals surface area (Å²) in [7, 11) is 0. The van der Waals surface area contributed by atoms with Gasteiger partial charge in [0.05, 0.1) is 18.9 Å². The molecular weight excluding hydrogens is 238 g/mol. The van der Waals surface area contributed by atoms with Crippen LogP contribution < -0.4 is 14.8 Å². The molecule has 1 aliphatic heterocycles. The van der Waals surface area contributed by atoms with Gasteiger partial charge in [-0.1, -0.05) is 13.3 Å². The van der Waals surface area contributed by atoms with E-state index >= 15 is 0 Å². The average Bonchev–Trinajstić information content (AvgIpc) is 2.42. The predicted molar refractivity (Wildman–Crippen MR) is 79.4 cm³/mol. The number of anilines is 1. The van der Waals surface area contributed by atoms with Gasteiger partial charge >= 0.3 is 0 Å². The molecule has 0 spiro atoms. The molecule has 1 atom stereocenters. The van der Waals surface area contributed by atoms with Crippen molar-refractivity contribution in [2.75, 3.05) is 25.1 Å². The van der Waals surface area contributed by atoms with Crippen molar-refractivity contribution >= 4 is 5.69 Å². The Kier molecular flexibility index (Phi) is 4.94. The highest BCUT2D eigenvalue weighted by molar-refractivity contribution is 5.68. The standard InChI is InChI=1S/C16H25NO2/c1-4-7-12-10-13-14(18-5-2)8-9-15(19-6-3)16(13)17-11-12/h8-9,12,17H,4-7,10-11H2,1-3H3. The Bertz CT molecular complexity index is 417. The molecule has 1 aromatic carbocycles. The Labute approximate surface area is 116 Å². The minimum atomic E-state index is 0.695. The van der Waals surface area contributed by atoms with Crippen LogP contribution in [0.15, 0.2) is 12.1 Å². The Morgan fingerprint density at radius 1 is 1.11 bits per heavy atom. The van der Waals surface area contributed by atoms with E-state index in [9.17, 15) is 0 Å². The van der Waals surface area contributed by atoms with Crippen LogP contribution in [0, 0.1) is 5.92 Å². The monoisotopic (exact) mass is 263 g/mol. The van der Waals surface area contributed by atoms with Crippen LogP contribution in [-0.2, 0) is 6.42 Å². The van der Waals surface area contributed by atoms with E-state index in [1.807, 2.05) is 26.0 Å². The van der Waals surface area contributed by atoms with Gasteiger partial charge in [-0.2, -0.15) is 0 Å². The van der Waals surface area contributed by atoms with E-state index in [4.69, 9.17) is 9.47 Å². The van der Waals surface area contributed by atoms with Gasteiger partial charge in [-0.05, 0) is 44.7 Å². The first-order chi connectivity index (χ1) is 9.30. The molecule has 106 valence electrons.